The zero-order valence-corrected chi connectivity index (χ0v) is 15.8. The molecule has 5 nitrogen and oxygen atoms in total. The van der Waals surface area contributed by atoms with Crippen LogP contribution in [0.25, 0.3) is 0 Å². The topological polar surface area (TPSA) is 40.2 Å². The Labute approximate surface area is 151 Å². The molecule has 2 fully saturated rings. The second-order valence-electron chi connectivity index (χ2n) is 7.26. The van der Waals surface area contributed by atoms with Crippen LogP contribution in [0, 0.1) is 5.41 Å². The van der Waals surface area contributed by atoms with Crippen molar-refractivity contribution in [2.75, 3.05) is 54.2 Å². The summed E-state index contributed by atoms with van der Waals surface area (Å²) in [6, 6.07) is 6.20. The molecule has 0 spiro atoms. The van der Waals surface area contributed by atoms with E-state index >= 15 is 0 Å². The summed E-state index contributed by atoms with van der Waals surface area (Å²) in [5.41, 5.74) is 1.45. The van der Waals surface area contributed by atoms with Crippen LogP contribution in [0.2, 0.25) is 0 Å². The lowest BCUT2D eigenvalue weighted by molar-refractivity contribution is -0.148. The fourth-order valence-corrected chi connectivity index (χ4v) is 4.39. The number of likely N-dealkylation sites (tertiary alicyclic amines) is 1. The van der Waals surface area contributed by atoms with Gasteiger partial charge in [-0.1, -0.05) is 6.07 Å². The molecule has 2 saturated heterocycles. The number of nitrogens with zero attached hydrogens (tertiary/aromatic N) is 1. The Morgan fingerprint density at radius 2 is 2.04 bits per heavy atom. The Kier molecular flexibility index (Phi) is 6.20. The Hall–Kier alpha value is -1.30. The Morgan fingerprint density at radius 1 is 1.20 bits per heavy atom. The number of ether oxygens (including phenoxy) is 4. The van der Waals surface area contributed by atoms with E-state index in [1.165, 1.54) is 12.0 Å². The molecule has 0 bridgehead atoms. The molecule has 5 heteroatoms. The van der Waals surface area contributed by atoms with Crippen LogP contribution in [-0.4, -0.2) is 65.2 Å². The first-order valence-corrected chi connectivity index (χ1v) is 9.24. The van der Waals surface area contributed by atoms with E-state index in [4.69, 9.17) is 18.9 Å². The van der Waals surface area contributed by atoms with Crippen molar-refractivity contribution < 1.29 is 18.9 Å². The summed E-state index contributed by atoms with van der Waals surface area (Å²) in [6.07, 6.45) is 4.82. The maximum absolute atomic E-state index is 6.07. The van der Waals surface area contributed by atoms with Gasteiger partial charge in [-0.25, -0.2) is 0 Å². The van der Waals surface area contributed by atoms with Crippen LogP contribution in [0.1, 0.15) is 24.8 Å². The fraction of sp³-hybridized carbons (Fsp3) is 0.700. The number of fused-ring (bicyclic) bond motifs is 1. The van der Waals surface area contributed by atoms with Gasteiger partial charge in [0.05, 0.1) is 26.9 Å². The zero-order chi connectivity index (χ0) is 17.7. The van der Waals surface area contributed by atoms with E-state index in [0.29, 0.717) is 6.10 Å². The number of methoxy groups -OCH3 is 3. The van der Waals surface area contributed by atoms with E-state index in [-0.39, 0.29) is 5.41 Å². The molecule has 0 aliphatic carbocycles. The van der Waals surface area contributed by atoms with Gasteiger partial charge in [-0.3, -0.25) is 0 Å². The standard InChI is InChI=1S/C20H31NO4/c1-22-15-20-9-4-12-25-19(20)8-11-21(14-20)10-7-16-5-6-17(23-2)18(13-16)24-3/h5-6,13,19H,4,7-12,14-15H2,1-3H3/t19-,20-/m1/s1. The second-order valence-corrected chi connectivity index (χ2v) is 7.26. The number of rotatable bonds is 7. The molecule has 0 aromatic heterocycles. The van der Waals surface area contributed by atoms with Crippen molar-refractivity contribution in [3.63, 3.8) is 0 Å². The summed E-state index contributed by atoms with van der Waals surface area (Å²) in [5, 5.41) is 0. The molecule has 0 saturated carbocycles. The van der Waals surface area contributed by atoms with Gasteiger partial charge in [-0.15, -0.1) is 0 Å². The van der Waals surface area contributed by atoms with E-state index in [9.17, 15) is 0 Å². The summed E-state index contributed by atoms with van der Waals surface area (Å²) in [7, 11) is 5.16. The third kappa shape index (κ3) is 4.10. The minimum absolute atomic E-state index is 0.169. The number of piperidine rings is 1. The highest BCUT2D eigenvalue weighted by Gasteiger charge is 2.45. The Balaban J connectivity index is 1.62. The van der Waals surface area contributed by atoms with Gasteiger partial charge in [0.1, 0.15) is 0 Å². The van der Waals surface area contributed by atoms with Crippen LogP contribution in [0.3, 0.4) is 0 Å². The molecular weight excluding hydrogens is 318 g/mol. The summed E-state index contributed by atoms with van der Waals surface area (Å²) in [5.74, 6) is 1.58. The highest BCUT2D eigenvalue weighted by atomic mass is 16.5. The molecule has 0 N–H and O–H groups in total. The van der Waals surface area contributed by atoms with Gasteiger partial charge < -0.3 is 23.8 Å². The van der Waals surface area contributed by atoms with Gasteiger partial charge in [-0.2, -0.15) is 0 Å². The van der Waals surface area contributed by atoms with E-state index in [1.54, 1.807) is 14.2 Å². The molecule has 0 radical (unpaired) electrons. The monoisotopic (exact) mass is 349 g/mol. The lowest BCUT2D eigenvalue weighted by Crippen LogP contribution is -2.57. The SMILES string of the molecule is COC[C@]12CCCO[C@@H]1CCN(CCc1ccc(OC)c(OC)c1)C2. The number of benzene rings is 1. The smallest absolute Gasteiger partial charge is 0.160 e. The van der Waals surface area contributed by atoms with Crippen molar-refractivity contribution in [1.82, 2.24) is 4.90 Å². The lowest BCUT2D eigenvalue weighted by atomic mass is 9.73. The molecule has 1 aromatic carbocycles. The molecular formula is C20H31NO4. The molecule has 140 valence electrons. The molecule has 2 aliphatic rings. The fourth-order valence-electron chi connectivity index (χ4n) is 4.39. The first-order valence-electron chi connectivity index (χ1n) is 9.24. The van der Waals surface area contributed by atoms with Crippen LogP contribution in [0.4, 0.5) is 0 Å². The van der Waals surface area contributed by atoms with Crippen LogP contribution in [0.5, 0.6) is 11.5 Å². The van der Waals surface area contributed by atoms with Gasteiger partial charge in [0.15, 0.2) is 11.5 Å². The predicted octanol–water partition coefficient (Wildman–Crippen LogP) is 2.76. The van der Waals surface area contributed by atoms with Crippen molar-refractivity contribution >= 4 is 0 Å². The molecule has 2 heterocycles. The zero-order valence-electron chi connectivity index (χ0n) is 15.8. The van der Waals surface area contributed by atoms with Crippen molar-refractivity contribution in [1.29, 1.82) is 0 Å². The second kappa shape index (κ2) is 8.39. The van der Waals surface area contributed by atoms with Gasteiger partial charge in [0.2, 0.25) is 0 Å². The molecule has 0 unspecified atom stereocenters. The third-order valence-electron chi connectivity index (χ3n) is 5.66. The predicted molar refractivity (Wildman–Crippen MR) is 97.6 cm³/mol. The Morgan fingerprint density at radius 3 is 2.80 bits per heavy atom. The third-order valence-corrected chi connectivity index (χ3v) is 5.66. The first-order chi connectivity index (χ1) is 12.2. The number of hydrogen-bond acceptors (Lipinski definition) is 5. The molecule has 2 aliphatic heterocycles. The number of hydrogen-bond donors (Lipinski definition) is 0. The van der Waals surface area contributed by atoms with Gasteiger partial charge in [-0.05, 0) is 43.4 Å². The van der Waals surface area contributed by atoms with Crippen LogP contribution in [-0.2, 0) is 15.9 Å². The summed E-state index contributed by atoms with van der Waals surface area (Å²) in [4.78, 5) is 2.57. The van der Waals surface area contributed by atoms with Crippen LogP contribution >= 0.6 is 0 Å². The highest BCUT2D eigenvalue weighted by Crippen LogP contribution is 2.40. The summed E-state index contributed by atoms with van der Waals surface area (Å²) >= 11 is 0. The molecule has 0 amide bonds. The first kappa shape index (κ1) is 18.5. The van der Waals surface area contributed by atoms with Crippen molar-refractivity contribution in [3.05, 3.63) is 23.8 Å². The van der Waals surface area contributed by atoms with Gasteiger partial charge >= 0.3 is 0 Å². The van der Waals surface area contributed by atoms with E-state index in [2.05, 4.69) is 17.0 Å². The van der Waals surface area contributed by atoms with E-state index < -0.39 is 0 Å². The highest BCUT2D eigenvalue weighted by molar-refractivity contribution is 5.42. The molecule has 25 heavy (non-hydrogen) atoms. The van der Waals surface area contributed by atoms with Crippen LogP contribution < -0.4 is 9.47 Å². The van der Waals surface area contributed by atoms with E-state index in [0.717, 1.165) is 63.6 Å². The molecule has 1 aromatic rings. The normalized spacial score (nSPS) is 26.9. The average Bonchev–Trinajstić information content (AvgIpc) is 2.65. The minimum Gasteiger partial charge on any atom is -0.493 e. The molecule has 2 atom stereocenters. The van der Waals surface area contributed by atoms with Gasteiger partial charge in [0, 0.05) is 38.8 Å². The largest absolute Gasteiger partial charge is 0.493 e. The Bertz CT molecular complexity index is 561. The van der Waals surface area contributed by atoms with Crippen molar-refractivity contribution in [3.8, 4) is 11.5 Å². The quantitative estimate of drug-likeness (QED) is 0.757. The van der Waals surface area contributed by atoms with E-state index in [1.807, 2.05) is 13.2 Å². The van der Waals surface area contributed by atoms with Crippen LogP contribution in [0.15, 0.2) is 18.2 Å². The average molecular weight is 349 g/mol. The maximum atomic E-state index is 6.07. The lowest BCUT2D eigenvalue weighted by Gasteiger charge is -2.50. The summed E-state index contributed by atoms with van der Waals surface area (Å²) in [6.45, 7) is 4.92. The summed E-state index contributed by atoms with van der Waals surface area (Å²) < 4.78 is 22.4. The van der Waals surface area contributed by atoms with Gasteiger partial charge in [0.25, 0.3) is 0 Å². The maximum Gasteiger partial charge on any atom is 0.160 e. The molecule has 3 rings (SSSR count). The minimum atomic E-state index is 0.169. The van der Waals surface area contributed by atoms with Crippen molar-refractivity contribution in [2.45, 2.75) is 31.8 Å². The van der Waals surface area contributed by atoms with Crippen molar-refractivity contribution in [2.24, 2.45) is 5.41 Å².